The van der Waals surface area contributed by atoms with E-state index in [0.717, 1.165) is 44.3 Å². The normalized spacial score (nSPS) is 20.8. The van der Waals surface area contributed by atoms with Crippen molar-refractivity contribution >= 4 is 41.3 Å². The van der Waals surface area contributed by atoms with Gasteiger partial charge in [-0.15, -0.1) is 35.3 Å². The molecule has 2 aromatic heterocycles. The van der Waals surface area contributed by atoms with Crippen molar-refractivity contribution < 1.29 is 4.42 Å². The van der Waals surface area contributed by atoms with Gasteiger partial charge in [0.25, 0.3) is 0 Å². The zero-order valence-corrected chi connectivity index (χ0v) is 18.8. The molecule has 0 bridgehead atoms. The third kappa shape index (κ3) is 5.71. The second-order valence-corrected chi connectivity index (χ2v) is 8.14. The van der Waals surface area contributed by atoms with E-state index in [1.165, 1.54) is 37.2 Å². The minimum absolute atomic E-state index is 0. The molecule has 0 amide bonds. The highest BCUT2D eigenvalue weighted by molar-refractivity contribution is 14.0. The predicted molar refractivity (Wildman–Crippen MR) is 122 cm³/mol. The van der Waals surface area contributed by atoms with Crippen LogP contribution in [0.4, 0.5) is 0 Å². The summed E-state index contributed by atoms with van der Waals surface area (Å²) in [7, 11) is 0. The monoisotopic (exact) mass is 500 g/mol. The van der Waals surface area contributed by atoms with E-state index < -0.39 is 0 Å². The average molecular weight is 500 g/mol. The molecule has 148 valence electrons. The molecule has 4 heterocycles. The van der Waals surface area contributed by atoms with Gasteiger partial charge in [-0.1, -0.05) is 6.07 Å². The van der Waals surface area contributed by atoms with Crippen molar-refractivity contribution in [1.29, 1.82) is 0 Å². The van der Waals surface area contributed by atoms with Crippen LogP contribution in [0.2, 0.25) is 0 Å². The van der Waals surface area contributed by atoms with E-state index in [2.05, 4.69) is 32.6 Å². The maximum atomic E-state index is 5.45. The first kappa shape index (κ1) is 20.7. The predicted octanol–water partition coefficient (Wildman–Crippen LogP) is 3.82. The third-order valence-electron chi connectivity index (χ3n) is 5.32. The summed E-state index contributed by atoms with van der Waals surface area (Å²) >= 11 is 1.77. The molecule has 2 aliphatic rings. The summed E-state index contributed by atoms with van der Waals surface area (Å²) in [6.07, 6.45) is 6.59. The van der Waals surface area contributed by atoms with Gasteiger partial charge in [0.15, 0.2) is 5.96 Å². The number of hydrogen-bond acceptors (Lipinski definition) is 4. The van der Waals surface area contributed by atoms with Crippen molar-refractivity contribution in [1.82, 2.24) is 15.1 Å². The number of rotatable bonds is 6. The number of hydrogen-bond donors (Lipinski definition) is 1. The number of furan rings is 1. The molecule has 1 unspecified atom stereocenters. The van der Waals surface area contributed by atoms with E-state index in [-0.39, 0.29) is 24.0 Å². The van der Waals surface area contributed by atoms with Crippen LogP contribution in [-0.4, -0.2) is 54.5 Å². The van der Waals surface area contributed by atoms with Gasteiger partial charge in [0, 0.05) is 37.0 Å². The second kappa shape index (κ2) is 10.5. The summed E-state index contributed by atoms with van der Waals surface area (Å²) in [5.74, 6) is 2.07. The quantitative estimate of drug-likeness (QED) is 0.372. The fourth-order valence-electron chi connectivity index (χ4n) is 3.91. The van der Waals surface area contributed by atoms with Crippen LogP contribution in [-0.2, 0) is 13.0 Å². The van der Waals surface area contributed by atoms with Crippen LogP contribution >= 0.6 is 35.3 Å². The highest BCUT2D eigenvalue weighted by Gasteiger charge is 2.30. The molecule has 0 radical (unpaired) electrons. The van der Waals surface area contributed by atoms with Crippen molar-refractivity contribution in [2.24, 2.45) is 4.99 Å². The zero-order chi connectivity index (χ0) is 17.6. The summed E-state index contributed by atoms with van der Waals surface area (Å²) in [5, 5.41) is 5.69. The Labute approximate surface area is 182 Å². The lowest BCUT2D eigenvalue weighted by atomic mass is 10.2. The van der Waals surface area contributed by atoms with Crippen LogP contribution < -0.4 is 5.32 Å². The molecular weight excluding hydrogens is 471 g/mol. The van der Waals surface area contributed by atoms with Gasteiger partial charge in [-0.25, -0.2) is 4.99 Å². The van der Waals surface area contributed by atoms with Crippen LogP contribution in [0.15, 0.2) is 45.3 Å². The molecule has 27 heavy (non-hydrogen) atoms. The Morgan fingerprint density at radius 3 is 2.85 bits per heavy atom. The molecule has 4 rings (SSSR count). The molecule has 1 atom stereocenters. The van der Waals surface area contributed by atoms with E-state index in [0.29, 0.717) is 6.04 Å². The van der Waals surface area contributed by atoms with Gasteiger partial charge in [0.2, 0.25) is 0 Å². The van der Waals surface area contributed by atoms with E-state index >= 15 is 0 Å². The molecule has 2 fully saturated rings. The van der Waals surface area contributed by atoms with Crippen molar-refractivity contribution in [3.05, 3.63) is 46.5 Å². The summed E-state index contributed by atoms with van der Waals surface area (Å²) in [4.78, 5) is 11.3. The number of guanidine groups is 1. The Balaban J connectivity index is 0.00000210. The Bertz CT molecular complexity index is 683. The number of halogens is 1. The van der Waals surface area contributed by atoms with Crippen LogP contribution in [0.5, 0.6) is 0 Å². The molecular formula is C20H29IN4OS. The molecule has 2 aliphatic heterocycles. The first-order valence-electron chi connectivity index (χ1n) is 9.70. The van der Waals surface area contributed by atoms with Gasteiger partial charge in [0.05, 0.1) is 12.8 Å². The molecule has 0 saturated carbocycles. The fourth-order valence-corrected chi connectivity index (χ4v) is 4.54. The zero-order valence-electron chi connectivity index (χ0n) is 15.7. The molecule has 2 saturated heterocycles. The smallest absolute Gasteiger partial charge is 0.194 e. The Kier molecular flexibility index (Phi) is 8.02. The minimum Gasteiger partial charge on any atom is -0.469 e. The molecule has 0 aliphatic carbocycles. The summed E-state index contributed by atoms with van der Waals surface area (Å²) < 4.78 is 5.45. The van der Waals surface area contributed by atoms with E-state index in [1.807, 2.05) is 12.1 Å². The number of nitrogens with one attached hydrogen (secondary N) is 1. The topological polar surface area (TPSA) is 44.0 Å². The van der Waals surface area contributed by atoms with Gasteiger partial charge in [0.1, 0.15) is 5.76 Å². The summed E-state index contributed by atoms with van der Waals surface area (Å²) in [5.41, 5.74) is 0. The summed E-state index contributed by atoms with van der Waals surface area (Å²) in [6, 6.07) is 8.92. The SMILES string of the molecule is I.c1coc(CCNC(=NCc2cccs2)N2CCC(N3CCCC3)C2)c1. The Morgan fingerprint density at radius 1 is 1.22 bits per heavy atom. The van der Waals surface area contributed by atoms with E-state index in [4.69, 9.17) is 9.41 Å². The standard InChI is InChI=1S/C20H28N4OS.HI/c1-2-11-23(10-1)17-8-12-24(16-17)20(22-15-19-6-4-14-26-19)21-9-7-18-5-3-13-25-18;/h3-6,13-14,17H,1-2,7-12,15-16H2,(H,21,22);1H. The lowest BCUT2D eigenvalue weighted by Gasteiger charge is -2.25. The Morgan fingerprint density at radius 2 is 2.11 bits per heavy atom. The molecule has 0 aromatic carbocycles. The van der Waals surface area contributed by atoms with E-state index in [9.17, 15) is 0 Å². The van der Waals surface area contributed by atoms with Gasteiger partial charge in [-0.05, 0) is 55.9 Å². The lowest BCUT2D eigenvalue weighted by molar-refractivity contribution is 0.249. The minimum atomic E-state index is 0. The lowest BCUT2D eigenvalue weighted by Crippen LogP contribution is -2.43. The van der Waals surface area contributed by atoms with Gasteiger partial charge >= 0.3 is 0 Å². The highest BCUT2D eigenvalue weighted by Crippen LogP contribution is 2.21. The highest BCUT2D eigenvalue weighted by atomic mass is 127. The first-order valence-corrected chi connectivity index (χ1v) is 10.6. The number of thiophene rings is 1. The van der Waals surface area contributed by atoms with Crippen LogP contribution in [0.1, 0.15) is 29.9 Å². The van der Waals surface area contributed by atoms with Crippen molar-refractivity contribution in [2.45, 2.75) is 38.3 Å². The molecule has 2 aromatic rings. The number of aliphatic imine (C=N–C) groups is 1. The van der Waals surface area contributed by atoms with Crippen molar-refractivity contribution in [2.75, 3.05) is 32.7 Å². The molecule has 7 heteroatoms. The molecule has 5 nitrogen and oxygen atoms in total. The number of nitrogens with zero attached hydrogens (tertiary/aromatic N) is 3. The van der Waals surface area contributed by atoms with Crippen LogP contribution in [0.25, 0.3) is 0 Å². The van der Waals surface area contributed by atoms with Crippen LogP contribution in [0, 0.1) is 0 Å². The molecule has 0 spiro atoms. The van der Waals surface area contributed by atoms with Gasteiger partial charge in [-0.3, -0.25) is 4.90 Å². The second-order valence-electron chi connectivity index (χ2n) is 7.11. The average Bonchev–Trinajstić information content (AvgIpc) is 3.45. The number of likely N-dealkylation sites (tertiary alicyclic amines) is 2. The van der Waals surface area contributed by atoms with Crippen molar-refractivity contribution in [3.8, 4) is 0 Å². The first-order chi connectivity index (χ1) is 12.9. The Hall–Kier alpha value is -1.06. The van der Waals surface area contributed by atoms with E-state index in [1.54, 1.807) is 17.6 Å². The van der Waals surface area contributed by atoms with Crippen LogP contribution in [0.3, 0.4) is 0 Å². The summed E-state index contributed by atoms with van der Waals surface area (Å²) in [6.45, 7) is 6.33. The fraction of sp³-hybridized carbons (Fsp3) is 0.550. The molecule has 1 N–H and O–H groups in total. The largest absolute Gasteiger partial charge is 0.469 e. The maximum absolute atomic E-state index is 5.45. The van der Waals surface area contributed by atoms with Crippen molar-refractivity contribution in [3.63, 3.8) is 0 Å². The third-order valence-corrected chi connectivity index (χ3v) is 6.18. The van der Waals surface area contributed by atoms with Gasteiger partial charge < -0.3 is 14.6 Å². The van der Waals surface area contributed by atoms with Gasteiger partial charge in [-0.2, -0.15) is 0 Å². The maximum Gasteiger partial charge on any atom is 0.194 e.